The zero-order valence-electron chi connectivity index (χ0n) is 18.9. The summed E-state index contributed by atoms with van der Waals surface area (Å²) < 4.78 is 10.5. The third-order valence-corrected chi connectivity index (χ3v) is 5.50. The standard InChI is InChI=1S/C24H29N3O5/c1-5-26(15-22(28)25-18-7-9-19(31-3)10-8-18)24(30)17-13-23(29)27(14-17)20-12-16(2)6-11-21(20)32-4/h6-12,17H,5,13-15H2,1-4H3,(H,25,28). The van der Waals surface area contributed by atoms with E-state index in [1.807, 2.05) is 32.0 Å². The number of carbonyl (C=O) groups excluding carboxylic acids is 3. The molecule has 1 aliphatic rings. The highest BCUT2D eigenvalue weighted by Crippen LogP contribution is 2.34. The van der Waals surface area contributed by atoms with E-state index in [0.29, 0.717) is 29.4 Å². The second-order valence-corrected chi connectivity index (χ2v) is 7.71. The average molecular weight is 440 g/mol. The molecule has 0 saturated carbocycles. The van der Waals surface area contributed by atoms with Gasteiger partial charge in [0.05, 0.1) is 32.4 Å². The highest BCUT2D eigenvalue weighted by atomic mass is 16.5. The van der Waals surface area contributed by atoms with Gasteiger partial charge in [-0.1, -0.05) is 6.07 Å². The van der Waals surface area contributed by atoms with Crippen molar-refractivity contribution in [2.75, 3.05) is 44.1 Å². The van der Waals surface area contributed by atoms with Crippen LogP contribution < -0.4 is 19.7 Å². The first-order valence-corrected chi connectivity index (χ1v) is 10.5. The largest absolute Gasteiger partial charge is 0.497 e. The van der Waals surface area contributed by atoms with E-state index in [4.69, 9.17) is 9.47 Å². The molecule has 8 nitrogen and oxygen atoms in total. The Morgan fingerprint density at radius 3 is 2.47 bits per heavy atom. The normalized spacial score (nSPS) is 15.4. The Bertz CT molecular complexity index is 990. The summed E-state index contributed by atoms with van der Waals surface area (Å²) in [6.07, 6.45) is 0.104. The SMILES string of the molecule is CCN(CC(=O)Nc1ccc(OC)cc1)C(=O)C1CC(=O)N(c2cc(C)ccc2OC)C1. The van der Waals surface area contributed by atoms with Crippen molar-refractivity contribution in [1.82, 2.24) is 4.90 Å². The van der Waals surface area contributed by atoms with Crippen molar-refractivity contribution in [2.45, 2.75) is 20.3 Å². The molecule has 1 heterocycles. The molecule has 2 aromatic rings. The second-order valence-electron chi connectivity index (χ2n) is 7.71. The summed E-state index contributed by atoms with van der Waals surface area (Å²) in [5, 5.41) is 2.79. The van der Waals surface area contributed by atoms with Crippen LogP contribution in [0.5, 0.6) is 11.5 Å². The van der Waals surface area contributed by atoms with E-state index in [0.717, 1.165) is 5.56 Å². The summed E-state index contributed by atoms with van der Waals surface area (Å²) >= 11 is 0. The maximum atomic E-state index is 13.1. The van der Waals surface area contributed by atoms with Gasteiger partial charge in [-0.15, -0.1) is 0 Å². The van der Waals surface area contributed by atoms with E-state index in [1.165, 1.54) is 4.90 Å². The summed E-state index contributed by atoms with van der Waals surface area (Å²) in [6, 6.07) is 12.6. The predicted octanol–water partition coefficient (Wildman–Crippen LogP) is 2.85. The first-order valence-electron chi connectivity index (χ1n) is 10.5. The Morgan fingerprint density at radius 2 is 1.84 bits per heavy atom. The Labute approximate surface area is 188 Å². The van der Waals surface area contributed by atoms with Gasteiger partial charge >= 0.3 is 0 Å². The number of amides is 3. The summed E-state index contributed by atoms with van der Waals surface area (Å²) in [5.74, 6) is 0.122. The third-order valence-electron chi connectivity index (χ3n) is 5.50. The molecule has 1 fully saturated rings. The quantitative estimate of drug-likeness (QED) is 0.683. The fourth-order valence-corrected chi connectivity index (χ4v) is 3.77. The number of nitrogens with one attached hydrogen (secondary N) is 1. The molecule has 3 rings (SSSR count). The van der Waals surface area contributed by atoms with E-state index in [1.54, 1.807) is 43.4 Å². The summed E-state index contributed by atoms with van der Waals surface area (Å²) in [7, 11) is 3.12. The Balaban J connectivity index is 1.65. The first kappa shape index (κ1) is 23.1. The Hall–Kier alpha value is -3.55. The van der Waals surface area contributed by atoms with Crippen LogP contribution in [0.2, 0.25) is 0 Å². The Kier molecular flexibility index (Phi) is 7.35. The number of anilines is 2. The smallest absolute Gasteiger partial charge is 0.243 e. The van der Waals surface area contributed by atoms with Gasteiger partial charge in [-0.05, 0) is 55.8 Å². The highest BCUT2D eigenvalue weighted by Gasteiger charge is 2.38. The number of methoxy groups -OCH3 is 2. The fraction of sp³-hybridized carbons (Fsp3) is 0.375. The van der Waals surface area contributed by atoms with Gasteiger partial charge in [-0.25, -0.2) is 0 Å². The fourth-order valence-electron chi connectivity index (χ4n) is 3.77. The number of hydrogen-bond donors (Lipinski definition) is 1. The molecule has 0 aromatic heterocycles. The number of benzene rings is 2. The maximum absolute atomic E-state index is 13.1. The lowest BCUT2D eigenvalue weighted by molar-refractivity contribution is -0.138. The van der Waals surface area contributed by atoms with Gasteiger partial charge in [-0.3, -0.25) is 14.4 Å². The average Bonchev–Trinajstić information content (AvgIpc) is 3.18. The van der Waals surface area contributed by atoms with Crippen molar-refractivity contribution in [3.05, 3.63) is 48.0 Å². The lowest BCUT2D eigenvalue weighted by Crippen LogP contribution is -2.42. The van der Waals surface area contributed by atoms with Crippen LogP contribution in [0.4, 0.5) is 11.4 Å². The molecule has 1 unspecified atom stereocenters. The van der Waals surface area contributed by atoms with Crippen LogP contribution in [0, 0.1) is 12.8 Å². The lowest BCUT2D eigenvalue weighted by atomic mass is 10.1. The number of hydrogen-bond acceptors (Lipinski definition) is 5. The number of aryl methyl sites for hydroxylation is 1. The predicted molar refractivity (Wildman–Crippen MR) is 122 cm³/mol. The van der Waals surface area contributed by atoms with Gasteiger partial charge in [0, 0.05) is 25.2 Å². The molecule has 0 bridgehead atoms. The molecule has 0 radical (unpaired) electrons. The number of nitrogens with zero attached hydrogens (tertiary/aromatic N) is 2. The molecule has 3 amide bonds. The van der Waals surface area contributed by atoms with Crippen LogP contribution >= 0.6 is 0 Å². The van der Waals surface area contributed by atoms with Crippen molar-refractivity contribution in [3.8, 4) is 11.5 Å². The minimum Gasteiger partial charge on any atom is -0.497 e. The molecule has 32 heavy (non-hydrogen) atoms. The van der Waals surface area contributed by atoms with Crippen molar-refractivity contribution in [2.24, 2.45) is 5.92 Å². The molecule has 1 N–H and O–H groups in total. The molecule has 1 atom stereocenters. The van der Waals surface area contributed by atoms with Crippen LogP contribution in [-0.2, 0) is 14.4 Å². The van der Waals surface area contributed by atoms with Crippen LogP contribution in [-0.4, -0.2) is 56.5 Å². The van der Waals surface area contributed by atoms with Gasteiger partial charge in [0.15, 0.2) is 0 Å². The highest BCUT2D eigenvalue weighted by molar-refractivity contribution is 6.02. The molecule has 1 saturated heterocycles. The maximum Gasteiger partial charge on any atom is 0.243 e. The molecular weight excluding hydrogens is 410 g/mol. The minimum atomic E-state index is -0.513. The van der Waals surface area contributed by atoms with E-state index < -0.39 is 5.92 Å². The summed E-state index contributed by atoms with van der Waals surface area (Å²) in [6.45, 7) is 4.30. The van der Waals surface area contributed by atoms with Gasteiger partial charge in [-0.2, -0.15) is 0 Å². The monoisotopic (exact) mass is 439 g/mol. The number of likely N-dealkylation sites (N-methyl/N-ethyl adjacent to an activating group) is 1. The van der Waals surface area contributed by atoms with Crippen molar-refractivity contribution >= 4 is 29.1 Å². The van der Waals surface area contributed by atoms with Gasteiger partial charge in [0.25, 0.3) is 0 Å². The number of ether oxygens (including phenoxy) is 2. The molecule has 0 spiro atoms. The van der Waals surface area contributed by atoms with Crippen LogP contribution in [0.3, 0.4) is 0 Å². The van der Waals surface area contributed by atoms with Gasteiger partial charge in [0.2, 0.25) is 17.7 Å². The summed E-state index contributed by atoms with van der Waals surface area (Å²) in [5.41, 5.74) is 2.27. The minimum absolute atomic E-state index is 0.0835. The molecule has 8 heteroatoms. The molecule has 2 aromatic carbocycles. The zero-order chi connectivity index (χ0) is 23.3. The Morgan fingerprint density at radius 1 is 1.12 bits per heavy atom. The van der Waals surface area contributed by atoms with E-state index in [9.17, 15) is 14.4 Å². The molecule has 170 valence electrons. The van der Waals surface area contributed by atoms with E-state index >= 15 is 0 Å². The molecular formula is C24H29N3O5. The zero-order valence-corrected chi connectivity index (χ0v) is 18.9. The molecule has 1 aliphatic heterocycles. The summed E-state index contributed by atoms with van der Waals surface area (Å²) in [4.78, 5) is 41.4. The van der Waals surface area contributed by atoms with Gasteiger partial charge in [0.1, 0.15) is 11.5 Å². The van der Waals surface area contributed by atoms with E-state index in [-0.39, 0.29) is 37.2 Å². The van der Waals surface area contributed by atoms with Gasteiger partial charge < -0.3 is 24.6 Å². The molecule has 0 aliphatic carbocycles. The number of rotatable bonds is 8. The van der Waals surface area contributed by atoms with Crippen LogP contribution in [0.15, 0.2) is 42.5 Å². The first-order chi connectivity index (χ1) is 15.4. The topological polar surface area (TPSA) is 88.2 Å². The second kappa shape index (κ2) is 10.2. The lowest BCUT2D eigenvalue weighted by Gasteiger charge is -2.24. The third kappa shape index (κ3) is 5.19. The van der Waals surface area contributed by atoms with Crippen molar-refractivity contribution < 1.29 is 23.9 Å². The van der Waals surface area contributed by atoms with Crippen molar-refractivity contribution in [3.63, 3.8) is 0 Å². The van der Waals surface area contributed by atoms with E-state index in [2.05, 4.69) is 5.32 Å². The van der Waals surface area contributed by atoms with Crippen molar-refractivity contribution in [1.29, 1.82) is 0 Å². The number of carbonyl (C=O) groups is 3. The van der Waals surface area contributed by atoms with Crippen LogP contribution in [0.1, 0.15) is 18.9 Å². The van der Waals surface area contributed by atoms with Crippen LogP contribution in [0.25, 0.3) is 0 Å².